The first-order chi connectivity index (χ1) is 6.35. The molecule has 3 heteroatoms. The summed E-state index contributed by atoms with van der Waals surface area (Å²) in [5.41, 5.74) is 5.46. The minimum absolute atomic E-state index is 0.486. The molecule has 0 aliphatic carbocycles. The predicted molar refractivity (Wildman–Crippen MR) is 56.9 cm³/mol. The molecule has 0 rings (SSSR count). The summed E-state index contributed by atoms with van der Waals surface area (Å²) in [6.45, 7) is 4.86. The third kappa shape index (κ3) is 8.22. The molecule has 3 N–H and O–H groups in total. The summed E-state index contributed by atoms with van der Waals surface area (Å²) in [4.78, 5) is 0. The standard InChI is InChI=1S/C10H24N2O/c1-3-4-8-12-10(9-13-2)6-5-7-11/h10,12H,3-9,11H2,1-2H3. The number of methoxy groups -OCH3 is 1. The third-order valence-electron chi connectivity index (χ3n) is 2.09. The molecule has 0 radical (unpaired) electrons. The van der Waals surface area contributed by atoms with Crippen LogP contribution in [0.5, 0.6) is 0 Å². The third-order valence-corrected chi connectivity index (χ3v) is 2.09. The Labute approximate surface area is 82.0 Å². The van der Waals surface area contributed by atoms with Gasteiger partial charge in [0.2, 0.25) is 0 Å². The number of hydrogen-bond acceptors (Lipinski definition) is 3. The number of ether oxygens (including phenoxy) is 1. The van der Waals surface area contributed by atoms with E-state index in [9.17, 15) is 0 Å². The SMILES string of the molecule is CCCCNC(CCCN)COC. The van der Waals surface area contributed by atoms with E-state index >= 15 is 0 Å². The van der Waals surface area contributed by atoms with Crippen LogP contribution in [0.1, 0.15) is 32.6 Å². The van der Waals surface area contributed by atoms with Gasteiger partial charge in [-0.2, -0.15) is 0 Å². The van der Waals surface area contributed by atoms with E-state index in [4.69, 9.17) is 10.5 Å². The van der Waals surface area contributed by atoms with E-state index in [1.54, 1.807) is 7.11 Å². The molecular weight excluding hydrogens is 164 g/mol. The van der Waals surface area contributed by atoms with Gasteiger partial charge in [0.15, 0.2) is 0 Å². The van der Waals surface area contributed by atoms with Gasteiger partial charge in [0.05, 0.1) is 6.61 Å². The lowest BCUT2D eigenvalue weighted by Gasteiger charge is -2.17. The van der Waals surface area contributed by atoms with Crippen molar-refractivity contribution in [1.82, 2.24) is 5.32 Å². The van der Waals surface area contributed by atoms with Crippen molar-refractivity contribution in [3.8, 4) is 0 Å². The van der Waals surface area contributed by atoms with E-state index in [2.05, 4.69) is 12.2 Å². The number of nitrogens with two attached hydrogens (primary N) is 1. The summed E-state index contributed by atoms with van der Waals surface area (Å²) in [5.74, 6) is 0. The summed E-state index contributed by atoms with van der Waals surface area (Å²) < 4.78 is 5.13. The van der Waals surface area contributed by atoms with E-state index in [0.717, 1.165) is 32.5 Å². The topological polar surface area (TPSA) is 47.3 Å². The first-order valence-electron chi connectivity index (χ1n) is 5.27. The minimum Gasteiger partial charge on any atom is -0.383 e. The van der Waals surface area contributed by atoms with E-state index in [1.807, 2.05) is 0 Å². The van der Waals surface area contributed by atoms with Gasteiger partial charge in [-0.15, -0.1) is 0 Å². The Bertz CT molecular complexity index is 98.9. The first kappa shape index (κ1) is 12.9. The monoisotopic (exact) mass is 188 g/mol. The Morgan fingerprint density at radius 3 is 2.69 bits per heavy atom. The molecule has 0 fully saturated rings. The number of unbranched alkanes of at least 4 members (excludes halogenated alkanes) is 1. The fourth-order valence-electron chi connectivity index (χ4n) is 1.29. The summed E-state index contributed by atoms with van der Waals surface area (Å²) in [5, 5.41) is 3.48. The average Bonchev–Trinajstić information content (AvgIpc) is 2.14. The molecule has 0 aromatic carbocycles. The molecule has 0 saturated carbocycles. The lowest BCUT2D eigenvalue weighted by atomic mass is 10.1. The van der Waals surface area contributed by atoms with Crippen LogP contribution in [0.2, 0.25) is 0 Å². The molecular formula is C10H24N2O. The van der Waals surface area contributed by atoms with E-state index in [1.165, 1.54) is 12.8 Å². The maximum atomic E-state index is 5.46. The molecule has 1 atom stereocenters. The van der Waals surface area contributed by atoms with Gasteiger partial charge >= 0.3 is 0 Å². The van der Waals surface area contributed by atoms with Crippen LogP contribution in [0.4, 0.5) is 0 Å². The highest BCUT2D eigenvalue weighted by Crippen LogP contribution is 1.97. The highest BCUT2D eigenvalue weighted by atomic mass is 16.5. The molecule has 3 nitrogen and oxygen atoms in total. The van der Waals surface area contributed by atoms with Gasteiger partial charge in [0.25, 0.3) is 0 Å². The molecule has 0 saturated heterocycles. The van der Waals surface area contributed by atoms with Crippen LogP contribution in [0.25, 0.3) is 0 Å². The normalized spacial score (nSPS) is 13.2. The van der Waals surface area contributed by atoms with Gasteiger partial charge in [-0.1, -0.05) is 13.3 Å². The Morgan fingerprint density at radius 1 is 1.38 bits per heavy atom. The summed E-state index contributed by atoms with van der Waals surface area (Å²) in [6, 6.07) is 0.486. The molecule has 80 valence electrons. The van der Waals surface area contributed by atoms with Crippen LogP contribution in [0.15, 0.2) is 0 Å². The fraction of sp³-hybridized carbons (Fsp3) is 1.00. The second kappa shape index (κ2) is 9.96. The number of hydrogen-bond donors (Lipinski definition) is 2. The second-order valence-corrected chi connectivity index (χ2v) is 3.39. The van der Waals surface area contributed by atoms with Crippen molar-refractivity contribution in [3.05, 3.63) is 0 Å². The van der Waals surface area contributed by atoms with Crippen LogP contribution in [0, 0.1) is 0 Å². The quantitative estimate of drug-likeness (QED) is 0.533. The Morgan fingerprint density at radius 2 is 2.15 bits per heavy atom. The fourth-order valence-corrected chi connectivity index (χ4v) is 1.29. The van der Waals surface area contributed by atoms with Crippen molar-refractivity contribution in [2.24, 2.45) is 5.73 Å². The zero-order chi connectivity index (χ0) is 9.94. The highest BCUT2D eigenvalue weighted by molar-refractivity contribution is 4.65. The van der Waals surface area contributed by atoms with Crippen LogP contribution < -0.4 is 11.1 Å². The van der Waals surface area contributed by atoms with Crippen LogP contribution >= 0.6 is 0 Å². The molecule has 0 aliphatic heterocycles. The number of nitrogens with one attached hydrogen (secondary N) is 1. The molecule has 1 unspecified atom stereocenters. The Kier molecular flexibility index (Phi) is 9.87. The Hall–Kier alpha value is -0.120. The smallest absolute Gasteiger partial charge is 0.0615 e. The minimum atomic E-state index is 0.486. The van der Waals surface area contributed by atoms with Crippen LogP contribution in [0.3, 0.4) is 0 Å². The molecule has 0 aromatic rings. The maximum Gasteiger partial charge on any atom is 0.0615 e. The Balaban J connectivity index is 3.41. The van der Waals surface area contributed by atoms with Crippen LogP contribution in [-0.2, 0) is 4.74 Å². The summed E-state index contributed by atoms with van der Waals surface area (Å²) in [6.07, 6.45) is 4.67. The van der Waals surface area contributed by atoms with Crippen molar-refractivity contribution >= 4 is 0 Å². The van der Waals surface area contributed by atoms with E-state index < -0.39 is 0 Å². The van der Waals surface area contributed by atoms with Crippen LogP contribution in [-0.4, -0.2) is 32.8 Å². The van der Waals surface area contributed by atoms with Gasteiger partial charge in [-0.05, 0) is 32.4 Å². The van der Waals surface area contributed by atoms with Gasteiger partial charge in [0.1, 0.15) is 0 Å². The van der Waals surface area contributed by atoms with Gasteiger partial charge in [0, 0.05) is 13.2 Å². The summed E-state index contributed by atoms with van der Waals surface area (Å²) in [7, 11) is 1.75. The molecule has 0 amide bonds. The van der Waals surface area contributed by atoms with Crippen molar-refractivity contribution < 1.29 is 4.74 Å². The highest BCUT2D eigenvalue weighted by Gasteiger charge is 2.05. The molecule has 0 aromatic heterocycles. The average molecular weight is 188 g/mol. The molecule has 0 spiro atoms. The maximum absolute atomic E-state index is 5.46. The first-order valence-corrected chi connectivity index (χ1v) is 5.27. The largest absolute Gasteiger partial charge is 0.383 e. The number of rotatable bonds is 9. The van der Waals surface area contributed by atoms with Crippen molar-refractivity contribution in [3.63, 3.8) is 0 Å². The predicted octanol–water partition coefficient (Wildman–Crippen LogP) is 1.13. The zero-order valence-corrected chi connectivity index (χ0v) is 9.01. The van der Waals surface area contributed by atoms with Gasteiger partial charge < -0.3 is 15.8 Å². The van der Waals surface area contributed by atoms with Crippen molar-refractivity contribution in [1.29, 1.82) is 0 Å². The van der Waals surface area contributed by atoms with E-state index in [0.29, 0.717) is 6.04 Å². The van der Waals surface area contributed by atoms with Crippen molar-refractivity contribution in [2.45, 2.75) is 38.6 Å². The van der Waals surface area contributed by atoms with Crippen molar-refractivity contribution in [2.75, 3.05) is 26.8 Å². The summed E-state index contributed by atoms with van der Waals surface area (Å²) >= 11 is 0. The van der Waals surface area contributed by atoms with E-state index in [-0.39, 0.29) is 0 Å². The molecule has 13 heavy (non-hydrogen) atoms. The van der Waals surface area contributed by atoms with Gasteiger partial charge in [-0.25, -0.2) is 0 Å². The second-order valence-electron chi connectivity index (χ2n) is 3.39. The lowest BCUT2D eigenvalue weighted by Crippen LogP contribution is -2.34. The molecule has 0 bridgehead atoms. The zero-order valence-electron chi connectivity index (χ0n) is 9.01. The molecule has 0 aliphatic rings. The molecule has 0 heterocycles. The lowest BCUT2D eigenvalue weighted by molar-refractivity contribution is 0.161. The van der Waals surface area contributed by atoms with Gasteiger partial charge in [-0.3, -0.25) is 0 Å².